The summed E-state index contributed by atoms with van der Waals surface area (Å²) in [5, 5.41) is 5.50. The molecule has 0 unspecified atom stereocenters. The van der Waals surface area contributed by atoms with Gasteiger partial charge in [0.2, 0.25) is 0 Å². The SMILES string of the molecule is CC(C)(C)c1cc(N2CCC(Cc3ccccc3)CC2)n2ncc(-c3ccccc3Cl)c2n1. The average Bonchev–Trinajstić information content (AvgIpc) is 3.23. The highest BCUT2D eigenvalue weighted by atomic mass is 35.5. The molecule has 1 aliphatic heterocycles. The van der Waals surface area contributed by atoms with Crippen LogP contribution in [-0.4, -0.2) is 27.7 Å². The van der Waals surface area contributed by atoms with Crippen molar-refractivity contribution < 1.29 is 0 Å². The largest absolute Gasteiger partial charge is 0.356 e. The minimum atomic E-state index is -0.0653. The van der Waals surface area contributed by atoms with Crippen molar-refractivity contribution in [2.75, 3.05) is 18.0 Å². The Morgan fingerprint density at radius 1 is 0.939 bits per heavy atom. The first-order chi connectivity index (χ1) is 15.9. The first-order valence-corrected chi connectivity index (χ1v) is 12.2. The van der Waals surface area contributed by atoms with Gasteiger partial charge < -0.3 is 4.90 Å². The molecule has 0 atom stereocenters. The number of hydrogen-bond donors (Lipinski definition) is 0. The molecule has 33 heavy (non-hydrogen) atoms. The lowest BCUT2D eigenvalue weighted by Gasteiger charge is -2.34. The minimum absolute atomic E-state index is 0.0653. The maximum absolute atomic E-state index is 6.54. The summed E-state index contributed by atoms with van der Waals surface area (Å²) in [5.74, 6) is 1.85. The number of fused-ring (bicyclic) bond motifs is 1. The van der Waals surface area contributed by atoms with Gasteiger partial charge in [0, 0.05) is 40.7 Å². The van der Waals surface area contributed by atoms with E-state index in [1.807, 2.05) is 35.0 Å². The van der Waals surface area contributed by atoms with Gasteiger partial charge in [-0.2, -0.15) is 9.61 Å². The summed E-state index contributed by atoms with van der Waals surface area (Å²) >= 11 is 6.54. The van der Waals surface area contributed by atoms with Gasteiger partial charge in [-0.15, -0.1) is 0 Å². The van der Waals surface area contributed by atoms with Crippen molar-refractivity contribution in [3.05, 3.63) is 83.1 Å². The van der Waals surface area contributed by atoms with Crippen molar-refractivity contribution in [3.63, 3.8) is 0 Å². The summed E-state index contributed by atoms with van der Waals surface area (Å²) in [6.45, 7) is 8.71. The van der Waals surface area contributed by atoms with Gasteiger partial charge in [-0.25, -0.2) is 4.98 Å². The Morgan fingerprint density at radius 2 is 1.64 bits per heavy atom. The number of aromatic nitrogens is 3. The summed E-state index contributed by atoms with van der Waals surface area (Å²) in [7, 11) is 0. The van der Waals surface area contributed by atoms with Crippen molar-refractivity contribution in [2.45, 2.75) is 45.4 Å². The Labute approximate surface area is 201 Å². The van der Waals surface area contributed by atoms with Gasteiger partial charge >= 0.3 is 0 Å². The van der Waals surface area contributed by atoms with Crippen molar-refractivity contribution in [1.82, 2.24) is 14.6 Å². The van der Waals surface area contributed by atoms with E-state index in [1.165, 1.54) is 18.4 Å². The maximum atomic E-state index is 6.54. The second kappa shape index (κ2) is 8.83. The highest BCUT2D eigenvalue weighted by Gasteiger charge is 2.26. The van der Waals surface area contributed by atoms with Gasteiger partial charge in [0.25, 0.3) is 0 Å². The molecule has 170 valence electrons. The predicted molar refractivity (Wildman–Crippen MR) is 137 cm³/mol. The molecule has 0 bridgehead atoms. The van der Waals surface area contributed by atoms with Crippen LogP contribution in [0.25, 0.3) is 16.8 Å². The highest BCUT2D eigenvalue weighted by molar-refractivity contribution is 6.33. The lowest BCUT2D eigenvalue weighted by atomic mass is 9.89. The molecule has 3 heterocycles. The van der Waals surface area contributed by atoms with Gasteiger partial charge in [-0.05, 0) is 36.8 Å². The Bertz CT molecular complexity index is 1250. The zero-order chi connectivity index (χ0) is 23.0. The van der Waals surface area contributed by atoms with E-state index in [2.05, 4.69) is 62.1 Å². The van der Waals surface area contributed by atoms with Crippen molar-refractivity contribution in [3.8, 4) is 11.1 Å². The van der Waals surface area contributed by atoms with E-state index in [-0.39, 0.29) is 5.41 Å². The first kappa shape index (κ1) is 22.0. The van der Waals surface area contributed by atoms with Crippen molar-refractivity contribution in [2.24, 2.45) is 5.92 Å². The lowest BCUT2D eigenvalue weighted by molar-refractivity contribution is 0.400. The van der Waals surface area contributed by atoms with Crippen molar-refractivity contribution >= 4 is 23.1 Å². The third kappa shape index (κ3) is 4.49. The van der Waals surface area contributed by atoms with Crippen LogP contribution in [0.5, 0.6) is 0 Å². The average molecular weight is 459 g/mol. The Kier molecular flexibility index (Phi) is 5.88. The van der Waals surface area contributed by atoms with E-state index in [1.54, 1.807) is 0 Å². The topological polar surface area (TPSA) is 33.4 Å². The number of rotatable bonds is 4. The molecule has 0 radical (unpaired) electrons. The van der Waals surface area contributed by atoms with Gasteiger partial charge in [0.1, 0.15) is 5.82 Å². The molecule has 0 N–H and O–H groups in total. The molecular formula is C28H31ClN4. The van der Waals surface area contributed by atoms with Crippen LogP contribution in [0.2, 0.25) is 5.02 Å². The van der Waals surface area contributed by atoms with Crippen LogP contribution >= 0.6 is 11.6 Å². The van der Waals surface area contributed by atoms with Crippen molar-refractivity contribution in [1.29, 1.82) is 0 Å². The number of nitrogens with zero attached hydrogens (tertiary/aromatic N) is 4. The van der Waals surface area contributed by atoms with Crippen LogP contribution in [0.3, 0.4) is 0 Å². The molecule has 1 saturated heterocycles. The monoisotopic (exact) mass is 458 g/mol. The minimum Gasteiger partial charge on any atom is -0.356 e. The molecule has 0 amide bonds. The number of benzene rings is 2. The standard InChI is InChI=1S/C28H31ClN4/c1-28(2,3)25-18-26(32-15-13-21(14-16-32)17-20-9-5-4-6-10-20)33-27(31-25)23(19-30-33)22-11-7-8-12-24(22)29/h4-12,18-19,21H,13-17H2,1-3H3. The summed E-state index contributed by atoms with van der Waals surface area (Å²) < 4.78 is 2.01. The van der Waals surface area contributed by atoms with E-state index in [9.17, 15) is 0 Å². The number of halogens is 1. The van der Waals surface area contributed by atoms with E-state index >= 15 is 0 Å². The normalized spacial score (nSPS) is 15.3. The van der Waals surface area contributed by atoms with Crippen LogP contribution in [0, 0.1) is 5.92 Å². The van der Waals surface area contributed by atoms with Gasteiger partial charge in [-0.1, -0.05) is 80.9 Å². The van der Waals surface area contributed by atoms with Crippen LogP contribution in [0.15, 0.2) is 66.9 Å². The molecule has 5 rings (SSSR count). The summed E-state index contributed by atoms with van der Waals surface area (Å²) in [6.07, 6.45) is 5.43. The molecule has 4 nitrogen and oxygen atoms in total. The fourth-order valence-electron chi connectivity index (χ4n) is 4.74. The lowest BCUT2D eigenvalue weighted by Crippen LogP contribution is -2.36. The molecule has 4 aromatic rings. The fraction of sp³-hybridized carbons (Fsp3) is 0.357. The Hall–Kier alpha value is -2.85. The molecule has 0 saturated carbocycles. The summed E-state index contributed by atoms with van der Waals surface area (Å²) in [5.41, 5.74) is 5.27. The molecule has 2 aromatic heterocycles. The van der Waals surface area contributed by atoms with E-state index in [0.29, 0.717) is 0 Å². The molecule has 2 aromatic carbocycles. The molecule has 1 aliphatic rings. The number of anilines is 1. The van der Waals surface area contributed by atoms with Gasteiger partial charge in [0.05, 0.1) is 11.9 Å². The molecule has 0 aliphatic carbocycles. The second-order valence-electron chi connectivity index (χ2n) is 10.1. The second-order valence-corrected chi connectivity index (χ2v) is 10.6. The van der Waals surface area contributed by atoms with Crippen LogP contribution in [0.1, 0.15) is 44.9 Å². The summed E-state index contributed by atoms with van der Waals surface area (Å²) in [4.78, 5) is 7.55. The Morgan fingerprint density at radius 3 is 2.33 bits per heavy atom. The van der Waals surface area contributed by atoms with Crippen LogP contribution < -0.4 is 4.90 Å². The molecular weight excluding hydrogens is 428 g/mol. The van der Waals surface area contributed by atoms with Crippen LogP contribution in [0.4, 0.5) is 5.82 Å². The highest BCUT2D eigenvalue weighted by Crippen LogP contribution is 2.35. The van der Waals surface area contributed by atoms with E-state index < -0.39 is 0 Å². The number of hydrogen-bond acceptors (Lipinski definition) is 3. The maximum Gasteiger partial charge on any atom is 0.165 e. The fourth-order valence-corrected chi connectivity index (χ4v) is 4.98. The molecule has 1 fully saturated rings. The van der Waals surface area contributed by atoms with Crippen LogP contribution in [-0.2, 0) is 11.8 Å². The molecule has 0 spiro atoms. The van der Waals surface area contributed by atoms with E-state index in [0.717, 1.165) is 58.7 Å². The third-order valence-corrected chi connectivity index (χ3v) is 7.02. The first-order valence-electron chi connectivity index (χ1n) is 11.8. The smallest absolute Gasteiger partial charge is 0.165 e. The van der Waals surface area contributed by atoms with Gasteiger partial charge in [-0.3, -0.25) is 0 Å². The number of piperidine rings is 1. The molecule has 5 heteroatoms. The zero-order valence-corrected chi connectivity index (χ0v) is 20.4. The van der Waals surface area contributed by atoms with Gasteiger partial charge in [0.15, 0.2) is 5.65 Å². The summed E-state index contributed by atoms with van der Waals surface area (Å²) in [6, 6.07) is 21.0. The van der Waals surface area contributed by atoms with E-state index in [4.69, 9.17) is 21.7 Å². The zero-order valence-electron chi connectivity index (χ0n) is 19.6. The third-order valence-electron chi connectivity index (χ3n) is 6.69. The predicted octanol–water partition coefficient (Wildman–Crippen LogP) is 6.81. The quantitative estimate of drug-likeness (QED) is 0.337. The Balaban J connectivity index is 1.48.